The molecule has 0 amide bonds. The van der Waals surface area contributed by atoms with Crippen LogP contribution in [0.4, 0.5) is 8.78 Å². The quantitative estimate of drug-likeness (QED) is 0.866. The molecular weight excluding hydrogens is 272 g/mol. The number of nitrogens with one attached hydrogen (secondary N) is 1. The maximum absolute atomic E-state index is 13.6. The number of aliphatic hydroxyl groups excluding tert-OH is 1. The van der Waals surface area contributed by atoms with Crippen LogP contribution in [0.15, 0.2) is 18.2 Å². The summed E-state index contributed by atoms with van der Waals surface area (Å²) in [5.74, 6) is -0.108. The molecule has 2 N–H and O–H groups in total. The Balaban J connectivity index is 1.94. The molecule has 0 spiro atoms. The van der Waals surface area contributed by atoms with Crippen LogP contribution in [-0.2, 0) is 0 Å². The lowest BCUT2D eigenvalue weighted by Gasteiger charge is -2.35. The van der Waals surface area contributed by atoms with E-state index in [0.717, 1.165) is 12.5 Å². The molecule has 0 aliphatic heterocycles. The molecule has 1 aliphatic rings. The summed E-state index contributed by atoms with van der Waals surface area (Å²) in [7, 11) is 0. The molecule has 3 unspecified atom stereocenters. The number of halogens is 2. The van der Waals surface area contributed by atoms with Crippen LogP contribution in [0.3, 0.4) is 0 Å². The highest BCUT2D eigenvalue weighted by molar-refractivity contribution is 5.21. The van der Waals surface area contributed by atoms with E-state index in [2.05, 4.69) is 19.2 Å². The highest BCUT2D eigenvalue weighted by Crippen LogP contribution is 2.30. The molecule has 4 heteroatoms. The Morgan fingerprint density at radius 3 is 2.62 bits per heavy atom. The molecule has 118 valence electrons. The summed E-state index contributed by atoms with van der Waals surface area (Å²) in [5, 5.41) is 13.5. The van der Waals surface area contributed by atoms with Crippen LogP contribution in [-0.4, -0.2) is 17.7 Å². The van der Waals surface area contributed by atoms with Gasteiger partial charge in [-0.3, -0.25) is 0 Å². The summed E-state index contributed by atoms with van der Waals surface area (Å²) >= 11 is 0. The van der Waals surface area contributed by atoms with E-state index in [-0.39, 0.29) is 5.56 Å². The standard InChI is InChI=1S/C17H25F2NO/c1-11(2)13-5-3-4-6-16(13)20-10-17(21)14-8-7-12(18)9-15(14)19/h7-9,11,13,16-17,20-21H,3-6,10H2,1-2H3. The van der Waals surface area contributed by atoms with Crippen molar-refractivity contribution in [1.29, 1.82) is 0 Å². The largest absolute Gasteiger partial charge is 0.387 e. The number of hydrogen-bond acceptors (Lipinski definition) is 2. The van der Waals surface area contributed by atoms with Crippen molar-refractivity contribution >= 4 is 0 Å². The lowest BCUT2D eigenvalue weighted by atomic mass is 9.78. The molecule has 0 radical (unpaired) electrons. The van der Waals surface area contributed by atoms with Gasteiger partial charge in [0.1, 0.15) is 11.6 Å². The Morgan fingerprint density at radius 2 is 1.95 bits per heavy atom. The van der Waals surface area contributed by atoms with Crippen molar-refractivity contribution in [2.75, 3.05) is 6.54 Å². The lowest BCUT2D eigenvalue weighted by molar-refractivity contribution is 0.141. The predicted octanol–water partition coefficient (Wildman–Crippen LogP) is 3.80. The van der Waals surface area contributed by atoms with Gasteiger partial charge in [0.15, 0.2) is 0 Å². The van der Waals surface area contributed by atoms with Gasteiger partial charge in [-0.25, -0.2) is 8.78 Å². The molecule has 1 aliphatic carbocycles. The smallest absolute Gasteiger partial charge is 0.131 e. The van der Waals surface area contributed by atoms with Crippen LogP contribution in [0.2, 0.25) is 0 Å². The SMILES string of the molecule is CC(C)C1CCCCC1NCC(O)c1ccc(F)cc1F. The van der Waals surface area contributed by atoms with E-state index >= 15 is 0 Å². The van der Waals surface area contributed by atoms with Crippen molar-refractivity contribution in [2.45, 2.75) is 51.7 Å². The van der Waals surface area contributed by atoms with E-state index in [1.54, 1.807) is 0 Å². The third-order valence-electron chi connectivity index (χ3n) is 4.57. The Kier molecular flexibility index (Phi) is 5.71. The fourth-order valence-electron chi connectivity index (χ4n) is 3.36. The topological polar surface area (TPSA) is 32.3 Å². The van der Waals surface area contributed by atoms with Crippen molar-refractivity contribution in [3.05, 3.63) is 35.4 Å². The normalized spacial score (nSPS) is 24.3. The minimum absolute atomic E-state index is 0.154. The second kappa shape index (κ2) is 7.32. The molecule has 0 bridgehead atoms. The molecule has 1 fully saturated rings. The number of rotatable bonds is 5. The van der Waals surface area contributed by atoms with E-state index < -0.39 is 17.7 Å². The van der Waals surface area contributed by atoms with Crippen molar-refractivity contribution in [3.63, 3.8) is 0 Å². The predicted molar refractivity (Wildman–Crippen MR) is 79.9 cm³/mol. The van der Waals surface area contributed by atoms with Crippen molar-refractivity contribution in [1.82, 2.24) is 5.32 Å². The Bertz CT molecular complexity index is 464. The first kappa shape index (κ1) is 16.4. The van der Waals surface area contributed by atoms with E-state index in [4.69, 9.17) is 0 Å². The number of benzene rings is 1. The fraction of sp³-hybridized carbons (Fsp3) is 0.647. The molecule has 0 aromatic heterocycles. The first-order valence-electron chi connectivity index (χ1n) is 7.85. The fourth-order valence-corrected chi connectivity index (χ4v) is 3.36. The summed E-state index contributed by atoms with van der Waals surface area (Å²) < 4.78 is 26.5. The third-order valence-corrected chi connectivity index (χ3v) is 4.57. The zero-order valence-corrected chi connectivity index (χ0v) is 12.8. The molecule has 0 heterocycles. The highest BCUT2D eigenvalue weighted by Gasteiger charge is 2.27. The first-order chi connectivity index (χ1) is 9.99. The van der Waals surface area contributed by atoms with Crippen molar-refractivity contribution in [3.8, 4) is 0 Å². The van der Waals surface area contributed by atoms with Crippen LogP contribution in [0, 0.1) is 23.5 Å². The van der Waals surface area contributed by atoms with Gasteiger partial charge in [-0.15, -0.1) is 0 Å². The lowest BCUT2D eigenvalue weighted by Crippen LogP contribution is -2.42. The van der Waals surface area contributed by atoms with E-state index in [1.807, 2.05) is 0 Å². The number of aliphatic hydroxyl groups is 1. The van der Waals surface area contributed by atoms with Gasteiger partial charge in [0.25, 0.3) is 0 Å². The van der Waals surface area contributed by atoms with E-state index in [1.165, 1.54) is 31.4 Å². The summed E-state index contributed by atoms with van der Waals surface area (Å²) in [4.78, 5) is 0. The first-order valence-corrected chi connectivity index (χ1v) is 7.85. The maximum Gasteiger partial charge on any atom is 0.131 e. The molecule has 2 nitrogen and oxygen atoms in total. The molecular formula is C17H25F2NO. The number of hydrogen-bond donors (Lipinski definition) is 2. The van der Waals surface area contributed by atoms with Gasteiger partial charge in [0.05, 0.1) is 6.10 Å². The average molecular weight is 297 g/mol. The zero-order chi connectivity index (χ0) is 15.4. The van der Waals surface area contributed by atoms with Gasteiger partial charge in [0, 0.05) is 24.2 Å². The van der Waals surface area contributed by atoms with Gasteiger partial charge >= 0.3 is 0 Å². The second-order valence-electron chi connectivity index (χ2n) is 6.39. The van der Waals surface area contributed by atoms with Crippen molar-refractivity contribution < 1.29 is 13.9 Å². The van der Waals surface area contributed by atoms with Crippen LogP contribution in [0.5, 0.6) is 0 Å². The Morgan fingerprint density at radius 1 is 1.24 bits per heavy atom. The maximum atomic E-state index is 13.6. The van der Waals surface area contributed by atoms with Gasteiger partial charge in [-0.1, -0.05) is 32.8 Å². The van der Waals surface area contributed by atoms with Crippen LogP contribution < -0.4 is 5.32 Å². The van der Waals surface area contributed by atoms with E-state index in [0.29, 0.717) is 24.4 Å². The van der Waals surface area contributed by atoms with Crippen LogP contribution in [0.1, 0.15) is 51.2 Å². The summed E-state index contributed by atoms with van der Waals surface area (Å²) in [6, 6.07) is 3.68. The monoisotopic (exact) mass is 297 g/mol. The van der Waals surface area contributed by atoms with Gasteiger partial charge in [-0.05, 0) is 30.7 Å². The Hall–Kier alpha value is -1.00. The van der Waals surface area contributed by atoms with Gasteiger partial charge in [-0.2, -0.15) is 0 Å². The van der Waals surface area contributed by atoms with E-state index in [9.17, 15) is 13.9 Å². The Labute approximate surface area is 125 Å². The minimum Gasteiger partial charge on any atom is -0.387 e. The molecule has 1 aromatic rings. The van der Waals surface area contributed by atoms with Crippen molar-refractivity contribution in [2.24, 2.45) is 11.8 Å². The third kappa shape index (κ3) is 4.24. The zero-order valence-electron chi connectivity index (χ0n) is 12.8. The molecule has 1 aromatic carbocycles. The second-order valence-corrected chi connectivity index (χ2v) is 6.39. The highest BCUT2D eigenvalue weighted by atomic mass is 19.1. The molecule has 2 rings (SSSR count). The molecule has 3 atom stereocenters. The summed E-state index contributed by atoms with van der Waals surface area (Å²) in [5.41, 5.74) is 0.154. The van der Waals surface area contributed by atoms with Crippen LogP contribution >= 0.6 is 0 Å². The minimum atomic E-state index is -0.944. The van der Waals surface area contributed by atoms with Gasteiger partial charge in [0.2, 0.25) is 0 Å². The molecule has 21 heavy (non-hydrogen) atoms. The summed E-state index contributed by atoms with van der Waals surface area (Å²) in [6.45, 7) is 4.75. The van der Waals surface area contributed by atoms with Crippen LogP contribution in [0.25, 0.3) is 0 Å². The average Bonchev–Trinajstić information content (AvgIpc) is 2.45. The molecule has 0 saturated heterocycles. The molecule has 1 saturated carbocycles. The van der Waals surface area contributed by atoms with Gasteiger partial charge < -0.3 is 10.4 Å². The summed E-state index contributed by atoms with van der Waals surface area (Å²) in [6.07, 6.45) is 3.82.